The molecule has 1 aromatic rings. The van der Waals surface area contributed by atoms with E-state index >= 15 is 0 Å². The highest BCUT2D eigenvalue weighted by molar-refractivity contribution is 5.91. The summed E-state index contributed by atoms with van der Waals surface area (Å²) in [4.78, 5) is 17.0. The lowest BCUT2D eigenvalue weighted by atomic mass is 10.2. The number of carbonyl (C=O) groups is 1. The van der Waals surface area contributed by atoms with Crippen LogP contribution in [0.2, 0.25) is 0 Å². The van der Waals surface area contributed by atoms with Gasteiger partial charge in [0, 0.05) is 39.3 Å². The predicted molar refractivity (Wildman–Crippen MR) is 99.9 cm³/mol. The van der Waals surface area contributed by atoms with E-state index in [9.17, 15) is 4.79 Å². The van der Waals surface area contributed by atoms with Crippen molar-refractivity contribution in [3.05, 3.63) is 23.8 Å². The summed E-state index contributed by atoms with van der Waals surface area (Å²) in [5.74, 6) is 0.667. The van der Waals surface area contributed by atoms with Crippen molar-refractivity contribution in [3.63, 3.8) is 0 Å². The molecule has 144 valence electrons. The monoisotopic (exact) mass is 363 g/mol. The highest BCUT2D eigenvalue weighted by atomic mass is 16.5. The zero-order chi connectivity index (χ0) is 18.4. The lowest BCUT2D eigenvalue weighted by molar-refractivity contribution is -0.00983. The van der Waals surface area contributed by atoms with Gasteiger partial charge in [-0.3, -0.25) is 4.90 Å². The Labute approximate surface area is 155 Å². The van der Waals surface area contributed by atoms with Gasteiger partial charge in [0.05, 0.1) is 32.1 Å². The van der Waals surface area contributed by atoms with Crippen LogP contribution in [0, 0.1) is 6.92 Å². The number of methoxy groups -OCH3 is 1. The fourth-order valence-corrected chi connectivity index (χ4v) is 3.38. The summed E-state index contributed by atoms with van der Waals surface area (Å²) < 4.78 is 16.7. The Morgan fingerprint density at radius 2 is 2.08 bits per heavy atom. The Hall–Kier alpha value is -1.83. The third-order valence-corrected chi connectivity index (χ3v) is 4.80. The number of hydrogen-bond donors (Lipinski definition) is 1. The van der Waals surface area contributed by atoms with Crippen molar-refractivity contribution < 1.29 is 19.0 Å². The molecule has 1 aromatic carbocycles. The van der Waals surface area contributed by atoms with E-state index in [0.717, 1.165) is 44.8 Å². The minimum Gasteiger partial charge on any atom is -0.495 e. The zero-order valence-corrected chi connectivity index (χ0v) is 15.7. The molecule has 2 aliphatic rings. The van der Waals surface area contributed by atoms with Crippen molar-refractivity contribution in [1.29, 1.82) is 0 Å². The summed E-state index contributed by atoms with van der Waals surface area (Å²) in [7, 11) is 1.61. The molecule has 2 aliphatic heterocycles. The molecule has 1 N–H and O–H groups in total. The van der Waals surface area contributed by atoms with Crippen molar-refractivity contribution >= 4 is 11.7 Å². The largest absolute Gasteiger partial charge is 0.495 e. The number of amides is 2. The van der Waals surface area contributed by atoms with E-state index in [0.29, 0.717) is 31.1 Å². The Morgan fingerprint density at radius 1 is 1.27 bits per heavy atom. The first-order valence-electron chi connectivity index (χ1n) is 9.28. The van der Waals surface area contributed by atoms with Crippen molar-refractivity contribution in [2.75, 3.05) is 65.0 Å². The number of anilines is 1. The predicted octanol–water partition coefficient (Wildman–Crippen LogP) is 1.96. The van der Waals surface area contributed by atoms with Gasteiger partial charge in [0.15, 0.2) is 0 Å². The lowest BCUT2D eigenvalue weighted by Gasteiger charge is -2.31. The van der Waals surface area contributed by atoms with E-state index < -0.39 is 0 Å². The van der Waals surface area contributed by atoms with Crippen LogP contribution in [0.4, 0.5) is 10.5 Å². The number of rotatable bonds is 4. The summed E-state index contributed by atoms with van der Waals surface area (Å²) in [6.07, 6.45) is 0.874. The van der Waals surface area contributed by atoms with E-state index in [1.54, 1.807) is 7.11 Å². The second-order valence-corrected chi connectivity index (χ2v) is 6.84. The van der Waals surface area contributed by atoms with Gasteiger partial charge in [-0.2, -0.15) is 0 Å². The minimum absolute atomic E-state index is 0.0285. The molecular weight excluding hydrogens is 334 g/mol. The topological polar surface area (TPSA) is 63.3 Å². The Morgan fingerprint density at radius 3 is 2.85 bits per heavy atom. The molecule has 2 saturated heterocycles. The van der Waals surface area contributed by atoms with Gasteiger partial charge in [0.25, 0.3) is 0 Å². The van der Waals surface area contributed by atoms with Crippen LogP contribution in [-0.4, -0.2) is 81.6 Å². The number of nitrogens with zero attached hydrogens (tertiary/aromatic N) is 2. The van der Waals surface area contributed by atoms with Crippen LogP contribution in [0.15, 0.2) is 18.2 Å². The number of benzene rings is 1. The molecule has 2 amide bonds. The molecule has 0 aliphatic carbocycles. The zero-order valence-electron chi connectivity index (χ0n) is 15.7. The molecule has 7 nitrogen and oxygen atoms in total. The maximum Gasteiger partial charge on any atom is 0.322 e. The van der Waals surface area contributed by atoms with Crippen molar-refractivity contribution in [1.82, 2.24) is 9.80 Å². The number of urea groups is 1. The summed E-state index contributed by atoms with van der Waals surface area (Å²) in [5.41, 5.74) is 1.78. The number of nitrogens with one attached hydrogen (secondary N) is 1. The number of carbonyl (C=O) groups excluding carboxylic acids is 1. The van der Waals surface area contributed by atoms with Gasteiger partial charge in [-0.1, -0.05) is 6.07 Å². The standard InChI is InChI=1S/C19H29N3O4/c1-15-4-5-18(24-2)17(12-15)20-19(23)22-6-3-9-26-16(14-22)13-21-7-10-25-11-8-21/h4-5,12,16H,3,6-11,13-14H2,1-2H3,(H,20,23)/t16-/m1/s1. The second kappa shape index (κ2) is 9.21. The van der Waals surface area contributed by atoms with Crippen LogP contribution in [0.25, 0.3) is 0 Å². The summed E-state index contributed by atoms with van der Waals surface area (Å²) in [6, 6.07) is 5.66. The molecule has 7 heteroatoms. The summed E-state index contributed by atoms with van der Waals surface area (Å²) in [6.45, 7) is 8.19. The van der Waals surface area contributed by atoms with Gasteiger partial charge in [0.2, 0.25) is 0 Å². The average molecular weight is 363 g/mol. The first kappa shape index (κ1) is 18.9. The third kappa shape index (κ3) is 5.09. The summed E-state index contributed by atoms with van der Waals surface area (Å²) in [5, 5.41) is 3.00. The first-order chi connectivity index (χ1) is 12.7. The molecule has 2 heterocycles. The Bertz CT molecular complexity index is 604. The number of morpholine rings is 1. The van der Waals surface area contributed by atoms with Crippen molar-refractivity contribution in [3.8, 4) is 5.75 Å². The van der Waals surface area contributed by atoms with E-state index in [1.165, 1.54) is 0 Å². The van der Waals surface area contributed by atoms with E-state index in [4.69, 9.17) is 14.2 Å². The molecule has 0 saturated carbocycles. The van der Waals surface area contributed by atoms with E-state index in [-0.39, 0.29) is 12.1 Å². The lowest BCUT2D eigenvalue weighted by Crippen LogP contribution is -2.46. The fourth-order valence-electron chi connectivity index (χ4n) is 3.38. The number of ether oxygens (including phenoxy) is 3. The van der Waals surface area contributed by atoms with Crippen molar-refractivity contribution in [2.24, 2.45) is 0 Å². The molecule has 2 fully saturated rings. The summed E-state index contributed by atoms with van der Waals surface area (Å²) >= 11 is 0. The smallest absolute Gasteiger partial charge is 0.322 e. The van der Waals surface area contributed by atoms with E-state index in [2.05, 4.69) is 10.2 Å². The highest BCUT2D eigenvalue weighted by Gasteiger charge is 2.25. The van der Waals surface area contributed by atoms with Crippen LogP contribution >= 0.6 is 0 Å². The van der Waals surface area contributed by atoms with Crippen LogP contribution in [-0.2, 0) is 9.47 Å². The molecule has 3 rings (SSSR count). The van der Waals surface area contributed by atoms with Gasteiger partial charge >= 0.3 is 6.03 Å². The van der Waals surface area contributed by atoms with Gasteiger partial charge in [-0.05, 0) is 31.0 Å². The molecule has 1 atom stereocenters. The Kier molecular flexibility index (Phi) is 6.71. The molecule has 0 spiro atoms. The molecule has 26 heavy (non-hydrogen) atoms. The first-order valence-corrected chi connectivity index (χ1v) is 9.28. The number of aryl methyl sites for hydroxylation is 1. The number of hydrogen-bond acceptors (Lipinski definition) is 5. The van der Waals surface area contributed by atoms with Crippen molar-refractivity contribution in [2.45, 2.75) is 19.4 Å². The van der Waals surface area contributed by atoms with Crippen LogP contribution in [0.1, 0.15) is 12.0 Å². The minimum atomic E-state index is -0.105. The molecule has 0 unspecified atom stereocenters. The van der Waals surface area contributed by atoms with Gasteiger partial charge < -0.3 is 24.4 Å². The highest BCUT2D eigenvalue weighted by Crippen LogP contribution is 2.25. The molecule has 0 bridgehead atoms. The van der Waals surface area contributed by atoms with Gasteiger partial charge in [0.1, 0.15) is 5.75 Å². The van der Waals surface area contributed by atoms with E-state index in [1.807, 2.05) is 30.0 Å². The average Bonchev–Trinajstić information content (AvgIpc) is 2.88. The second-order valence-electron chi connectivity index (χ2n) is 6.84. The van der Waals surface area contributed by atoms with Crippen LogP contribution < -0.4 is 10.1 Å². The fraction of sp³-hybridized carbons (Fsp3) is 0.632. The Balaban J connectivity index is 1.61. The SMILES string of the molecule is COc1ccc(C)cc1NC(=O)N1CCCO[C@H](CN2CCOCC2)C1. The quantitative estimate of drug-likeness (QED) is 0.886. The maximum absolute atomic E-state index is 12.8. The van der Waals surface area contributed by atoms with Gasteiger partial charge in [-0.15, -0.1) is 0 Å². The maximum atomic E-state index is 12.8. The third-order valence-electron chi connectivity index (χ3n) is 4.80. The van der Waals surface area contributed by atoms with Gasteiger partial charge in [-0.25, -0.2) is 4.79 Å². The van der Waals surface area contributed by atoms with Crippen LogP contribution in [0.5, 0.6) is 5.75 Å². The normalized spacial score (nSPS) is 21.9. The molecular formula is C19H29N3O4. The van der Waals surface area contributed by atoms with Crippen LogP contribution in [0.3, 0.4) is 0 Å². The molecule has 0 radical (unpaired) electrons. The molecule has 0 aromatic heterocycles.